The Labute approximate surface area is 195 Å². The zero-order valence-electron chi connectivity index (χ0n) is 18.5. The van der Waals surface area contributed by atoms with Crippen LogP contribution in [0.4, 0.5) is 0 Å². The molecule has 1 heterocycles. The highest BCUT2D eigenvalue weighted by atomic mass is 16.7. The molecule has 0 spiro atoms. The van der Waals surface area contributed by atoms with Crippen LogP contribution in [0, 0.1) is 0 Å². The average Bonchev–Trinajstić information content (AvgIpc) is 2.82. The normalized spacial score (nSPS) is 24.2. The van der Waals surface area contributed by atoms with Crippen LogP contribution in [0.3, 0.4) is 0 Å². The van der Waals surface area contributed by atoms with Gasteiger partial charge < -0.3 is 44.1 Å². The maximum absolute atomic E-state index is 12.5. The van der Waals surface area contributed by atoms with Gasteiger partial charge in [-0.3, -0.25) is 4.79 Å². The van der Waals surface area contributed by atoms with Crippen molar-refractivity contribution < 1.29 is 53.7 Å². The largest absolute Gasteiger partial charge is 0.504 e. The molecule has 0 amide bonds. The fourth-order valence-electron chi connectivity index (χ4n) is 3.36. The second-order valence-corrected chi connectivity index (χ2v) is 7.47. The summed E-state index contributed by atoms with van der Waals surface area (Å²) < 4.78 is 26.7. The van der Waals surface area contributed by atoms with Gasteiger partial charge in [-0.05, 0) is 24.3 Å². The number of aromatic hydroxyl groups is 1. The van der Waals surface area contributed by atoms with Crippen molar-refractivity contribution >= 4 is 11.9 Å². The number of carbonyl (C=O) groups is 2. The quantitative estimate of drug-likeness (QED) is 0.391. The standard InChI is InChI=1S/C23H26O11/c1-12(25)32-21-20(28)19(27)18(10-24)34-23(21)33-16-6-4-3-5-14(16)11-31-22(29)13-7-8-15(26)17(9-13)30-2/h3-9,18-21,23-24,26-28H,10-11H2,1-2H3/t18-,19-,20+,21-,23-/m1/s1. The molecule has 0 unspecified atom stereocenters. The predicted molar refractivity (Wildman–Crippen MR) is 114 cm³/mol. The number of aliphatic hydroxyl groups is 3. The van der Waals surface area contributed by atoms with Crippen LogP contribution in [-0.2, 0) is 25.6 Å². The Morgan fingerprint density at radius 3 is 2.47 bits per heavy atom. The summed E-state index contributed by atoms with van der Waals surface area (Å²) in [6.45, 7) is 0.304. The molecule has 0 bridgehead atoms. The molecule has 1 saturated heterocycles. The molecule has 0 aliphatic carbocycles. The first-order valence-electron chi connectivity index (χ1n) is 10.3. The molecule has 1 aliphatic heterocycles. The zero-order valence-corrected chi connectivity index (χ0v) is 18.5. The van der Waals surface area contributed by atoms with E-state index in [-0.39, 0.29) is 29.4 Å². The first kappa shape index (κ1) is 25.2. The molecule has 1 aliphatic rings. The van der Waals surface area contributed by atoms with E-state index >= 15 is 0 Å². The van der Waals surface area contributed by atoms with Crippen LogP contribution in [0.2, 0.25) is 0 Å². The number of esters is 2. The molecule has 11 heteroatoms. The predicted octanol–water partition coefficient (Wildman–Crippen LogP) is 0.507. The van der Waals surface area contributed by atoms with Gasteiger partial charge in [-0.1, -0.05) is 18.2 Å². The summed E-state index contributed by atoms with van der Waals surface area (Å²) >= 11 is 0. The first-order valence-corrected chi connectivity index (χ1v) is 10.3. The number of methoxy groups -OCH3 is 1. The lowest BCUT2D eigenvalue weighted by molar-refractivity contribution is -0.282. The second kappa shape index (κ2) is 11.2. The van der Waals surface area contributed by atoms with Gasteiger partial charge in [0.2, 0.25) is 6.29 Å². The van der Waals surface area contributed by atoms with Crippen molar-refractivity contribution in [3.63, 3.8) is 0 Å². The van der Waals surface area contributed by atoms with Crippen molar-refractivity contribution in [3.8, 4) is 17.2 Å². The number of carbonyl (C=O) groups excluding carboxylic acids is 2. The van der Waals surface area contributed by atoms with Gasteiger partial charge in [0.25, 0.3) is 0 Å². The first-order chi connectivity index (χ1) is 16.2. The molecule has 0 radical (unpaired) electrons. The molecule has 0 saturated carbocycles. The van der Waals surface area contributed by atoms with Crippen molar-refractivity contribution in [2.24, 2.45) is 0 Å². The molecule has 34 heavy (non-hydrogen) atoms. The monoisotopic (exact) mass is 478 g/mol. The van der Waals surface area contributed by atoms with Crippen molar-refractivity contribution in [1.82, 2.24) is 0 Å². The van der Waals surface area contributed by atoms with E-state index in [9.17, 15) is 30.0 Å². The SMILES string of the molecule is COc1cc(C(=O)OCc2ccccc2O[C@@H]2O[C@H](CO)[C@@H](O)[C@H](O)[C@H]2OC(C)=O)ccc1O. The third kappa shape index (κ3) is 5.75. The molecular formula is C23H26O11. The van der Waals surface area contributed by atoms with E-state index in [0.717, 1.165) is 6.92 Å². The number of rotatable bonds is 8. The van der Waals surface area contributed by atoms with E-state index in [1.165, 1.54) is 25.3 Å². The van der Waals surface area contributed by atoms with E-state index in [4.69, 9.17) is 23.7 Å². The highest BCUT2D eigenvalue weighted by Gasteiger charge is 2.47. The maximum Gasteiger partial charge on any atom is 0.338 e. The fourth-order valence-corrected chi connectivity index (χ4v) is 3.36. The van der Waals surface area contributed by atoms with Gasteiger partial charge in [0.05, 0.1) is 19.3 Å². The molecule has 1 fully saturated rings. The maximum atomic E-state index is 12.5. The third-order valence-electron chi connectivity index (χ3n) is 5.12. The molecule has 184 valence electrons. The third-order valence-corrected chi connectivity index (χ3v) is 5.12. The van der Waals surface area contributed by atoms with E-state index in [0.29, 0.717) is 5.56 Å². The van der Waals surface area contributed by atoms with Gasteiger partial charge in [-0.25, -0.2) is 4.79 Å². The minimum absolute atomic E-state index is 0.114. The van der Waals surface area contributed by atoms with E-state index in [2.05, 4.69) is 0 Å². The summed E-state index contributed by atoms with van der Waals surface area (Å²) in [5.74, 6) is -1.23. The van der Waals surface area contributed by atoms with Crippen molar-refractivity contribution in [3.05, 3.63) is 53.6 Å². The van der Waals surface area contributed by atoms with Gasteiger partial charge in [0, 0.05) is 12.5 Å². The average molecular weight is 478 g/mol. The second-order valence-electron chi connectivity index (χ2n) is 7.47. The molecule has 2 aromatic carbocycles. The van der Waals surface area contributed by atoms with Crippen LogP contribution in [0.5, 0.6) is 17.2 Å². The van der Waals surface area contributed by atoms with E-state index < -0.39 is 49.3 Å². The Bertz CT molecular complexity index is 1010. The van der Waals surface area contributed by atoms with E-state index in [1.54, 1.807) is 24.3 Å². The molecule has 3 rings (SSSR count). The topological polar surface area (TPSA) is 161 Å². The Kier molecular flexibility index (Phi) is 8.29. The van der Waals surface area contributed by atoms with Gasteiger partial charge in [0.15, 0.2) is 17.6 Å². The number of hydrogen-bond donors (Lipinski definition) is 4. The summed E-state index contributed by atoms with van der Waals surface area (Å²) in [4.78, 5) is 24.0. The number of aliphatic hydroxyl groups excluding tert-OH is 3. The number of benzene rings is 2. The van der Waals surface area contributed by atoms with Crippen LogP contribution in [0.25, 0.3) is 0 Å². The van der Waals surface area contributed by atoms with Crippen LogP contribution in [-0.4, -0.2) is 76.8 Å². The Morgan fingerprint density at radius 1 is 1.06 bits per heavy atom. The van der Waals surface area contributed by atoms with Gasteiger partial charge in [-0.2, -0.15) is 0 Å². The van der Waals surface area contributed by atoms with Crippen LogP contribution >= 0.6 is 0 Å². The molecule has 11 nitrogen and oxygen atoms in total. The van der Waals surface area contributed by atoms with Crippen LogP contribution < -0.4 is 9.47 Å². The fraction of sp³-hybridized carbons (Fsp3) is 0.391. The van der Waals surface area contributed by atoms with Gasteiger partial charge in [0.1, 0.15) is 30.7 Å². The Balaban J connectivity index is 1.76. The number of phenols is 1. The number of ether oxygens (including phenoxy) is 5. The van der Waals surface area contributed by atoms with E-state index in [1.807, 2.05) is 0 Å². The number of phenolic OH excluding ortho intramolecular Hbond substituents is 1. The van der Waals surface area contributed by atoms with Crippen LogP contribution in [0.1, 0.15) is 22.8 Å². The van der Waals surface area contributed by atoms with Gasteiger partial charge in [-0.15, -0.1) is 0 Å². The highest BCUT2D eigenvalue weighted by Crippen LogP contribution is 2.30. The molecular weight excluding hydrogens is 452 g/mol. The highest BCUT2D eigenvalue weighted by molar-refractivity contribution is 5.90. The molecule has 5 atom stereocenters. The molecule has 4 N–H and O–H groups in total. The summed E-state index contributed by atoms with van der Waals surface area (Å²) in [7, 11) is 1.35. The lowest BCUT2D eigenvalue weighted by Gasteiger charge is -2.41. The lowest BCUT2D eigenvalue weighted by atomic mass is 9.99. The lowest BCUT2D eigenvalue weighted by Crippen LogP contribution is -2.61. The van der Waals surface area contributed by atoms with Crippen molar-refractivity contribution in [1.29, 1.82) is 0 Å². The zero-order chi connectivity index (χ0) is 24.8. The summed E-state index contributed by atoms with van der Waals surface area (Å²) in [6.07, 6.45) is -7.00. The summed E-state index contributed by atoms with van der Waals surface area (Å²) in [5, 5.41) is 39.6. The van der Waals surface area contributed by atoms with Crippen molar-refractivity contribution in [2.75, 3.05) is 13.7 Å². The smallest absolute Gasteiger partial charge is 0.338 e. The minimum atomic E-state index is -1.57. The number of hydrogen-bond acceptors (Lipinski definition) is 11. The summed E-state index contributed by atoms with van der Waals surface area (Å²) in [6, 6.07) is 10.5. The van der Waals surface area contributed by atoms with Crippen LogP contribution in [0.15, 0.2) is 42.5 Å². The van der Waals surface area contributed by atoms with Gasteiger partial charge >= 0.3 is 11.9 Å². The molecule has 0 aromatic heterocycles. The summed E-state index contributed by atoms with van der Waals surface area (Å²) in [5.41, 5.74) is 0.578. The Morgan fingerprint density at radius 2 is 1.79 bits per heavy atom. The van der Waals surface area contributed by atoms with Crippen molar-refractivity contribution in [2.45, 2.75) is 44.2 Å². The number of para-hydroxylation sites is 1. The minimum Gasteiger partial charge on any atom is -0.504 e. The molecule has 2 aromatic rings. The Hall–Kier alpha value is -3.38.